The highest BCUT2D eigenvalue weighted by Crippen LogP contribution is 2.26. The Bertz CT molecular complexity index is 524. The predicted octanol–water partition coefficient (Wildman–Crippen LogP) is 1.10. The zero-order valence-electron chi connectivity index (χ0n) is 11.3. The van der Waals surface area contributed by atoms with Crippen LogP contribution in [0.3, 0.4) is 0 Å². The fourth-order valence-electron chi connectivity index (χ4n) is 3.08. The normalized spacial score (nSPS) is 25.4. The van der Waals surface area contributed by atoms with Gasteiger partial charge in [-0.1, -0.05) is 0 Å². The lowest BCUT2D eigenvalue weighted by molar-refractivity contribution is -0.116. The van der Waals surface area contributed by atoms with Crippen molar-refractivity contribution in [3.8, 4) is 6.07 Å². The van der Waals surface area contributed by atoms with Crippen molar-refractivity contribution >= 4 is 22.2 Å². The summed E-state index contributed by atoms with van der Waals surface area (Å²) in [5, 5.41) is 17.6. The Balaban J connectivity index is 1.45. The van der Waals surface area contributed by atoms with Gasteiger partial charge in [-0.25, -0.2) is 0 Å². The lowest BCUT2D eigenvalue weighted by Crippen LogP contribution is -2.29. The molecule has 20 heavy (non-hydrogen) atoms. The third-order valence-corrected chi connectivity index (χ3v) is 4.99. The first-order valence-electron chi connectivity index (χ1n) is 6.97. The van der Waals surface area contributed by atoms with Gasteiger partial charge in [0.15, 0.2) is 0 Å². The van der Waals surface area contributed by atoms with Crippen LogP contribution in [0.15, 0.2) is 11.4 Å². The van der Waals surface area contributed by atoms with E-state index in [4.69, 9.17) is 5.26 Å². The van der Waals surface area contributed by atoms with Crippen LogP contribution in [0.4, 0.5) is 5.00 Å². The summed E-state index contributed by atoms with van der Waals surface area (Å²) >= 11 is 1.40. The first kappa shape index (κ1) is 13.6. The van der Waals surface area contributed by atoms with Crippen molar-refractivity contribution in [3.05, 3.63) is 17.0 Å². The quantitative estimate of drug-likeness (QED) is 0.871. The molecular weight excluding hydrogens is 272 g/mol. The fourth-order valence-corrected chi connectivity index (χ4v) is 3.83. The van der Waals surface area contributed by atoms with Crippen LogP contribution in [0.1, 0.15) is 12.0 Å². The Morgan fingerprint density at radius 3 is 2.95 bits per heavy atom. The van der Waals surface area contributed by atoms with Crippen molar-refractivity contribution in [2.24, 2.45) is 11.8 Å². The average molecular weight is 290 g/mol. The number of nitrogens with one attached hydrogen (secondary N) is 2. The van der Waals surface area contributed by atoms with E-state index in [9.17, 15) is 4.79 Å². The summed E-state index contributed by atoms with van der Waals surface area (Å²) in [6.45, 7) is 5.26. The van der Waals surface area contributed by atoms with Crippen LogP contribution in [0, 0.1) is 23.2 Å². The number of thiophene rings is 1. The highest BCUT2D eigenvalue weighted by Gasteiger charge is 2.35. The molecule has 3 rings (SSSR count). The van der Waals surface area contributed by atoms with Gasteiger partial charge in [-0.15, -0.1) is 11.3 Å². The van der Waals surface area contributed by atoms with E-state index in [2.05, 4.69) is 21.6 Å². The van der Waals surface area contributed by atoms with Crippen LogP contribution in [-0.2, 0) is 4.79 Å². The van der Waals surface area contributed by atoms with Crippen LogP contribution < -0.4 is 10.6 Å². The summed E-state index contributed by atoms with van der Waals surface area (Å²) < 4.78 is 0. The zero-order valence-corrected chi connectivity index (χ0v) is 12.1. The SMILES string of the molecule is N#Cc1ccsc1NC(=O)CCN1C[C@H]2CNC[C@H]2C1. The molecule has 2 aliphatic rings. The number of hydrogen-bond acceptors (Lipinski definition) is 5. The van der Waals surface area contributed by atoms with E-state index in [0.717, 1.165) is 44.6 Å². The summed E-state index contributed by atoms with van der Waals surface area (Å²) in [6, 6.07) is 3.81. The molecule has 0 spiro atoms. The summed E-state index contributed by atoms with van der Waals surface area (Å²) in [7, 11) is 0. The molecule has 6 heteroatoms. The number of carbonyl (C=O) groups excluding carboxylic acids is 1. The van der Waals surface area contributed by atoms with Gasteiger partial charge in [0.2, 0.25) is 5.91 Å². The lowest BCUT2D eigenvalue weighted by atomic mass is 10.0. The predicted molar refractivity (Wildman–Crippen MR) is 78.6 cm³/mol. The number of rotatable bonds is 4. The second-order valence-corrected chi connectivity index (χ2v) is 6.43. The van der Waals surface area contributed by atoms with Crippen molar-refractivity contribution in [2.75, 3.05) is 38.0 Å². The minimum Gasteiger partial charge on any atom is -0.317 e. The fraction of sp³-hybridized carbons (Fsp3) is 0.571. The molecule has 0 aromatic carbocycles. The Labute approximate surface area is 122 Å². The van der Waals surface area contributed by atoms with E-state index in [1.807, 2.05) is 5.38 Å². The molecule has 1 amide bonds. The third-order valence-electron chi connectivity index (χ3n) is 4.16. The van der Waals surface area contributed by atoms with Gasteiger partial charge in [0, 0.05) is 26.1 Å². The van der Waals surface area contributed by atoms with Gasteiger partial charge in [0.05, 0.1) is 5.56 Å². The molecule has 2 fully saturated rings. The zero-order chi connectivity index (χ0) is 13.9. The molecule has 2 aliphatic heterocycles. The van der Waals surface area contributed by atoms with E-state index in [1.54, 1.807) is 6.07 Å². The Hall–Kier alpha value is -1.42. The van der Waals surface area contributed by atoms with E-state index in [0.29, 0.717) is 17.0 Å². The monoisotopic (exact) mass is 290 g/mol. The van der Waals surface area contributed by atoms with Crippen LogP contribution in [0.5, 0.6) is 0 Å². The number of nitriles is 1. The van der Waals surface area contributed by atoms with Crippen molar-refractivity contribution in [1.82, 2.24) is 10.2 Å². The second kappa shape index (κ2) is 5.92. The molecule has 0 radical (unpaired) electrons. The molecule has 106 valence electrons. The highest BCUT2D eigenvalue weighted by molar-refractivity contribution is 7.14. The molecule has 0 aliphatic carbocycles. The van der Waals surface area contributed by atoms with Crippen molar-refractivity contribution in [3.63, 3.8) is 0 Å². The number of hydrogen-bond donors (Lipinski definition) is 2. The van der Waals surface area contributed by atoms with E-state index >= 15 is 0 Å². The number of fused-ring (bicyclic) bond motifs is 1. The third kappa shape index (κ3) is 2.85. The van der Waals surface area contributed by atoms with Gasteiger partial charge in [-0.3, -0.25) is 4.79 Å². The highest BCUT2D eigenvalue weighted by atomic mass is 32.1. The number of anilines is 1. The van der Waals surface area contributed by atoms with Gasteiger partial charge >= 0.3 is 0 Å². The van der Waals surface area contributed by atoms with Crippen LogP contribution >= 0.6 is 11.3 Å². The molecule has 1 aromatic heterocycles. The minimum absolute atomic E-state index is 0.000801. The summed E-state index contributed by atoms with van der Waals surface area (Å²) in [6.07, 6.45) is 0.496. The van der Waals surface area contributed by atoms with Gasteiger partial charge in [-0.2, -0.15) is 5.26 Å². The molecule has 0 saturated carbocycles. The van der Waals surface area contributed by atoms with Crippen molar-refractivity contribution in [1.29, 1.82) is 5.26 Å². The molecule has 2 N–H and O–H groups in total. The van der Waals surface area contributed by atoms with Gasteiger partial charge in [0.25, 0.3) is 0 Å². The second-order valence-electron chi connectivity index (χ2n) is 5.51. The number of amides is 1. The van der Waals surface area contributed by atoms with Crippen LogP contribution in [0.2, 0.25) is 0 Å². The van der Waals surface area contributed by atoms with Crippen molar-refractivity contribution < 1.29 is 4.79 Å². The molecular formula is C14H18N4OS. The average Bonchev–Trinajstić information content (AvgIpc) is 3.10. The smallest absolute Gasteiger partial charge is 0.226 e. The minimum atomic E-state index is -0.000801. The molecule has 1 aromatic rings. The summed E-state index contributed by atoms with van der Waals surface area (Å²) in [5.74, 6) is 1.53. The van der Waals surface area contributed by atoms with Crippen LogP contribution in [0.25, 0.3) is 0 Å². The summed E-state index contributed by atoms with van der Waals surface area (Å²) in [4.78, 5) is 14.3. The van der Waals surface area contributed by atoms with Gasteiger partial charge in [-0.05, 0) is 36.4 Å². The number of likely N-dealkylation sites (tertiary alicyclic amines) is 1. The topological polar surface area (TPSA) is 68.2 Å². The standard InChI is InChI=1S/C14H18N4OS/c15-5-10-2-4-20-14(10)17-13(19)1-3-18-8-11-6-16-7-12(11)9-18/h2,4,11-12,16H,1,3,6-9H2,(H,17,19)/t11-,12+. The lowest BCUT2D eigenvalue weighted by Gasteiger charge is -2.16. The van der Waals surface area contributed by atoms with Gasteiger partial charge in [0.1, 0.15) is 11.1 Å². The molecule has 3 heterocycles. The maximum atomic E-state index is 11.9. The van der Waals surface area contributed by atoms with Crippen LogP contribution in [-0.4, -0.2) is 43.5 Å². The Morgan fingerprint density at radius 2 is 2.25 bits per heavy atom. The molecule has 2 atom stereocenters. The largest absolute Gasteiger partial charge is 0.317 e. The number of nitrogens with zero attached hydrogens (tertiary/aromatic N) is 2. The number of carbonyl (C=O) groups is 1. The first-order chi connectivity index (χ1) is 9.76. The molecule has 2 saturated heterocycles. The molecule has 0 unspecified atom stereocenters. The van der Waals surface area contributed by atoms with E-state index in [-0.39, 0.29) is 5.91 Å². The molecule has 0 bridgehead atoms. The van der Waals surface area contributed by atoms with Crippen molar-refractivity contribution in [2.45, 2.75) is 6.42 Å². The summed E-state index contributed by atoms with van der Waals surface area (Å²) in [5.41, 5.74) is 0.546. The van der Waals surface area contributed by atoms with E-state index in [1.165, 1.54) is 11.3 Å². The molecule has 5 nitrogen and oxygen atoms in total. The Morgan fingerprint density at radius 1 is 1.50 bits per heavy atom. The maximum Gasteiger partial charge on any atom is 0.226 e. The van der Waals surface area contributed by atoms with E-state index < -0.39 is 0 Å². The van der Waals surface area contributed by atoms with Gasteiger partial charge < -0.3 is 15.5 Å². The Kier molecular flexibility index (Phi) is 4.01. The first-order valence-corrected chi connectivity index (χ1v) is 7.84. The maximum absolute atomic E-state index is 11.9.